The van der Waals surface area contributed by atoms with Gasteiger partial charge in [-0.2, -0.15) is 0 Å². The monoisotopic (exact) mass is 554 g/mol. The summed E-state index contributed by atoms with van der Waals surface area (Å²) >= 11 is 0. The summed E-state index contributed by atoms with van der Waals surface area (Å²) in [5.41, 5.74) is 3.64. The van der Waals surface area contributed by atoms with Crippen LogP contribution in [0.25, 0.3) is 0 Å². The smallest absolute Gasteiger partial charge is 0.391 e. The van der Waals surface area contributed by atoms with E-state index in [-0.39, 0.29) is 29.5 Å². The third kappa shape index (κ3) is 8.61. The molecule has 0 aliphatic carbocycles. The maximum atomic E-state index is 9.47. The van der Waals surface area contributed by atoms with Crippen LogP contribution >= 0.6 is 8.60 Å². The van der Waals surface area contributed by atoms with E-state index in [4.69, 9.17) is 14.7 Å². The van der Waals surface area contributed by atoms with Crippen molar-refractivity contribution in [1.82, 2.24) is 0 Å². The lowest BCUT2D eigenvalue weighted by Gasteiger charge is -2.32. The van der Waals surface area contributed by atoms with Gasteiger partial charge in [0.15, 0.2) is 0 Å². The Morgan fingerprint density at radius 3 is 1.64 bits per heavy atom. The first-order valence-electron chi connectivity index (χ1n) is 13.8. The van der Waals surface area contributed by atoms with E-state index in [0.717, 1.165) is 42.4 Å². The molecule has 3 rings (SSSR count). The van der Waals surface area contributed by atoms with Gasteiger partial charge in [0.25, 0.3) is 0 Å². The summed E-state index contributed by atoms with van der Waals surface area (Å²) in [7, 11) is -2.49. The van der Waals surface area contributed by atoms with Crippen molar-refractivity contribution < 1.29 is 24.5 Å². The summed E-state index contributed by atoms with van der Waals surface area (Å²) in [6.07, 6.45) is 4.02. The van der Waals surface area contributed by atoms with E-state index in [2.05, 4.69) is 65.0 Å². The van der Waals surface area contributed by atoms with Crippen LogP contribution in [0.5, 0.6) is 5.75 Å². The number of aliphatic hydroxyl groups is 2. The van der Waals surface area contributed by atoms with Crippen LogP contribution in [-0.2, 0) is 10.8 Å². The van der Waals surface area contributed by atoms with Crippen LogP contribution in [0, 0.1) is 5.41 Å². The molecule has 0 aromatic heterocycles. The Labute approximate surface area is 236 Å². The van der Waals surface area contributed by atoms with E-state index in [1.807, 2.05) is 55.5 Å². The van der Waals surface area contributed by atoms with Gasteiger partial charge in [-0.05, 0) is 35.6 Å². The van der Waals surface area contributed by atoms with E-state index < -0.39 is 8.60 Å². The van der Waals surface area contributed by atoms with Crippen LogP contribution < -0.4 is 4.52 Å². The molecular weight excluding hydrogens is 507 g/mol. The van der Waals surface area contributed by atoms with Crippen LogP contribution in [0.4, 0.5) is 0 Å². The quantitative estimate of drug-likeness (QED) is 0.174. The maximum Gasteiger partial charge on any atom is 0.391 e. The lowest BCUT2D eigenvalue weighted by atomic mass is 9.73. The molecule has 0 heterocycles. The van der Waals surface area contributed by atoms with Gasteiger partial charge in [0.05, 0.1) is 13.2 Å². The second-order valence-electron chi connectivity index (χ2n) is 11.3. The molecule has 3 aromatic rings. The van der Waals surface area contributed by atoms with E-state index in [0.29, 0.717) is 5.75 Å². The zero-order valence-electron chi connectivity index (χ0n) is 24.4. The first-order valence-corrected chi connectivity index (χ1v) is 15.0. The summed E-state index contributed by atoms with van der Waals surface area (Å²) in [5, 5.41) is 18.1. The zero-order chi connectivity index (χ0) is 29.1. The topological polar surface area (TPSA) is 90.2 Å². The van der Waals surface area contributed by atoms with E-state index in [9.17, 15) is 9.79 Å². The minimum atomic E-state index is -2.49. The Hall–Kier alpha value is -2.27. The molecule has 6 heteroatoms. The van der Waals surface area contributed by atoms with Gasteiger partial charge < -0.3 is 24.5 Å². The first kappa shape index (κ1) is 32.9. The van der Waals surface area contributed by atoms with E-state index >= 15 is 0 Å². The summed E-state index contributed by atoms with van der Waals surface area (Å²) in [6, 6.07) is 26.6. The highest BCUT2D eigenvalue weighted by Crippen LogP contribution is 2.44. The van der Waals surface area contributed by atoms with Crippen LogP contribution in [0.3, 0.4) is 0 Å². The Kier molecular flexibility index (Phi) is 12.6. The number of unbranched alkanes of at least 4 members (excludes halogenated alkanes) is 1. The van der Waals surface area contributed by atoms with Crippen molar-refractivity contribution in [3.05, 3.63) is 101 Å². The summed E-state index contributed by atoms with van der Waals surface area (Å²) in [6.45, 7) is 13.0. The second kappa shape index (κ2) is 14.9. The molecule has 0 aliphatic rings. The van der Waals surface area contributed by atoms with Crippen molar-refractivity contribution in [2.24, 2.45) is 5.41 Å². The van der Waals surface area contributed by atoms with Crippen molar-refractivity contribution >= 4 is 8.60 Å². The highest BCUT2D eigenvalue weighted by atomic mass is 31.2. The minimum Gasteiger partial charge on any atom is -0.427 e. The molecule has 0 saturated heterocycles. The fourth-order valence-electron chi connectivity index (χ4n) is 4.77. The molecule has 0 fully saturated rings. The largest absolute Gasteiger partial charge is 0.427 e. The zero-order valence-corrected chi connectivity index (χ0v) is 25.3. The standard InChI is InChI=1S/C24H27O3P.C9H20O2/c1-23(2,18-11-7-5-8-12-18)20-15-16-22(27-28(25)26)21(17-20)24(3,4)19-13-9-6-10-14-19;1-3-5-6-9(4-2,7-10)8-11/h5-17,25-26H,1-4H3;10-11H,3-8H2,1-2H3. The molecule has 0 amide bonds. The minimum absolute atomic E-state index is 0.111. The molecule has 0 saturated carbocycles. The number of aliphatic hydroxyl groups excluding tert-OH is 2. The normalized spacial score (nSPS) is 12.2. The predicted octanol–water partition coefficient (Wildman–Crippen LogP) is 7.49. The Balaban J connectivity index is 0.000000411. The molecule has 0 aliphatic heterocycles. The molecular formula is C33H47O5P. The summed E-state index contributed by atoms with van der Waals surface area (Å²) in [4.78, 5) is 18.9. The fourth-order valence-corrected chi connectivity index (χ4v) is 5.10. The van der Waals surface area contributed by atoms with E-state index in [1.54, 1.807) is 0 Å². The van der Waals surface area contributed by atoms with E-state index in [1.165, 1.54) is 5.56 Å². The van der Waals surface area contributed by atoms with Gasteiger partial charge in [0.1, 0.15) is 5.75 Å². The van der Waals surface area contributed by atoms with Crippen LogP contribution in [0.15, 0.2) is 78.9 Å². The van der Waals surface area contributed by atoms with Crippen molar-refractivity contribution in [3.8, 4) is 5.75 Å². The number of benzene rings is 3. The van der Waals surface area contributed by atoms with Crippen molar-refractivity contribution in [2.75, 3.05) is 13.2 Å². The van der Waals surface area contributed by atoms with Gasteiger partial charge in [-0.15, -0.1) is 0 Å². The third-order valence-corrected chi connectivity index (χ3v) is 8.39. The molecule has 0 atom stereocenters. The average Bonchev–Trinajstić information content (AvgIpc) is 2.95. The number of hydrogen-bond acceptors (Lipinski definition) is 5. The highest BCUT2D eigenvalue weighted by molar-refractivity contribution is 7.39. The number of rotatable bonds is 12. The average molecular weight is 555 g/mol. The first-order chi connectivity index (χ1) is 18.5. The van der Waals surface area contributed by atoms with Gasteiger partial charge in [-0.3, -0.25) is 0 Å². The summed E-state index contributed by atoms with van der Waals surface area (Å²) in [5.74, 6) is 0.498. The Bertz CT molecular complexity index is 1100. The third-order valence-electron chi connectivity index (χ3n) is 8.03. The Morgan fingerprint density at radius 1 is 0.692 bits per heavy atom. The van der Waals surface area contributed by atoms with Crippen molar-refractivity contribution in [3.63, 3.8) is 0 Å². The van der Waals surface area contributed by atoms with Crippen molar-refractivity contribution in [2.45, 2.75) is 78.1 Å². The second-order valence-corrected chi connectivity index (χ2v) is 12.0. The molecule has 39 heavy (non-hydrogen) atoms. The molecule has 5 nitrogen and oxygen atoms in total. The van der Waals surface area contributed by atoms with Gasteiger partial charge in [0.2, 0.25) is 0 Å². The number of hydrogen-bond donors (Lipinski definition) is 4. The van der Waals surface area contributed by atoms with Crippen LogP contribution in [0.2, 0.25) is 0 Å². The molecule has 0 unspecified atom stereocenters. The Morgan fingerprint density at radius 2 is 1.21 bits per heavy atom. The highest BCUT2D eigenvalue weighted by Gasteiger charge is 2.31. The van der Waals surface area contributed by atoms with Crippen molar-refractivity contribution in [1.29, 1.82) is 0 Å². The lowest BCUT2D eigenvalue weighted by molar-refractivity contribution is 0.0420. The van der Waals surface area contributed by atoms with Gasteiger partial charge in [-0.25, -0.2) is 0 Å². The maximum absolute atomic E-state index is 9.47. The lowest BCUT2D eigenvalue weighted by Crippen LogP contribution is -2.28. The molecule has 214 valence electrons. The van der Waals surface area contributed by atoms with Crippen LogP contribution in [-0.4, -0.2) is 33.2 Å². The molecule has 0 radical (unpaired) electrons. The summed E-state index contributed by atoms with van der Waals surface area (Å²) < 4.78 is 5.40. The molecule has 4 N–H and O–H groups in total. The SMILES string of the molecule is CC(C)(c1ccccc1)c1ccc(OP(O)O)c(C(C)(C)c2ccccc2)c1.CCCCC(CC)(CO)CO. The molecule has 0 spiro atoms. The molecule has 3 aromatic carbocycles. The van der Waals surface area contributed by atoms with Gasteiger partial charge in [-0.1, -0.05) is 127 Å². The fraction of sp³-hybridized carbons (Fsp3) is 0.455. The van der Waals surface area contributed by atoms with Crippen LogP contribution in [0.1, 0.15) is 89.5 Å². The van der Waals surface area contributed by atoms with Gasteiger partial charge in [0, 0.05) is 21.8 Å². The van der Waals surface area contributed by atoms with Gasteiger partial charge >= 0.3 is 8.60 Å². The molecule has 0 bridgehead atoms. The predicted molar refractivity (Wildman–Crippen MR) is 162 cm³/mol.